The maximum atomic E-state index is 13.9. The van der Waals surface area contributed by atoms with Gasteiger partial charge in [-0.15, -0.1) is 11.8 Å². The van der Waals surface area contributed by atoms with E-state index in [0.717, 1.165) is 16.1 Å². The van der Waals surface area contributed by atoms with Crippen LogP contribution in [0.25, 0.3) is 0 Å². The molecule has 0 bridgehead atoms. The van der Waals surface area contributed by atoms with Crippen molar-refractivity contribution in [3.05, 3.63) is 58.9 Å². The van der Waals surface area contributed by atoms with Gasteiger partial charge in [-0.3, -0.25) is 0 Å². The van der Waals surface area contributed by atoms with Crippen molar-refractivity contribution >= 4 is 17.4 Å². The molecule has 0 spiro atoms. The van der Waals surface area contributed by atoms with Crippen LogP contribution in [0.1, 0.15) is 16.7 Å². The number of nitrogen functional groups attached to an aromatic ring is 1. The van der Waals surface area contributed by atoms with Gasteiger partial charge in [0.15, 0.2) is 0 Å². The number of anilines is 1. The van der Waals surface area contributed by atoms with Gasteiger partial charge in [-0.1, -0.05) is 18.2 Å². The third-order valence-electron chi connectivity index (χ3n) is 2.91. The van der Waals surface area contributed by atoms with E-state index in [1.807, 2.05) is 31.2 Å². The van der Waals surface area contributed by atoms with Crippen molar-refractivity contribution in [2.75, 3.05) is 5.73 Å². The Morgan fingerprint density at radius 3 is 2.74 bits per heavy atom. The lowest BCUT2D eigenvalue weighted by molar-refractivity contribution is 0.613. The smallest absolute Gasteiger partial charge is 0.144 e. The third-order valence-corrected chi connectivity index (χ3v) is 4.12. The Morgan fingerprint density at radius 1 is 1.26 bits per heavy atom. The molecule has 0 aromatic heterocycles. The molecule has 0 saturated carbocycles. The molecule has 2 aromatic carbocycles. The SMILES string of the molecule is Cc1c(N)cccc1SCc1cccc(C#N)c1F. The normalized spacial score (nSPS) is 10.2. The van der Waals surface area contributed by atoms with Gasteiger partial charge in [-0.25, -0.2) is 4.39 Å². The Morgan fingerprint density at radius 2 is 2.00 bits per heavy atom. The van der Waals surface area contributed by atoms with Crippen molar-refractivity contribution in [1.29, 1.82) is 5.26 Å². The van der Waals surface area contributed by atoms with Crippen LogP contribution in [0.4, 0.5) is 10.1 Å². The molecule has 2 nitrogen and oxygen atoms in total. The van der Waals surface area contributed by atoms with Crippen LogP contribution in [0.5, 0.6) is 0 Å². The zero-order valence-electron chi connectivity index (χ0n) is 10.5. The largest absolute Gasteiger partial charge is 0.398 e. The van der Waals surface area contributed by atoms with Crippen molar-refractivity contribution in [2.24, 2.45) is 0 Å². The minimum Gasteiger partial charge on any atom is -0.398 e. The van der Waals surface area contributed by atoms with E-state index in [9.17, 15) is 4.39 Å². The minimum absolute atomic E-state index is 0.0856. The van der Waals surface area contributed by atoms with Gasteiger partial charge >= 0.3 is 0 Å². The number of nitrogens with zero attached hydrogens (tertiary/aromatic N) is 1. The fraction of sp³-hybridized carbons (Fsp3) is 0.133. The molecule has 19 heavy (non-hydrogen) atoms. The number of nitrogens with two attached hydrogens (primary N) is 1. The maximum Gasteiger partial charge on any atom is 0.144 e. The average Bonchev–Trinajstić information content (AvgIpc) is 2.42. The molecule has 0 heterocycles. The monoisotopic (exact) mass is 272 g/mol. The molecule has 2 N–H and O–H groups in total. The van der Waals surface area contributed by atoms with Crippen molar-refractivity contribution in [3.8, 4) is 6.07 Å². The van der Waals surface area contributed by atoms with Crippen LogP contribution in [-0.2, 0) is 5.75 Å². The molecule has 0 radical (unpaired) electrons. The Balaban J connectivity index is 2.20. The molecule has 0 aliphatic rings. The summed E-state index contributed by atoms with van der Waals surface area (Å²) >= 11 is 1.52. The zero-order valence-corrected chi connectivity index (χ0v) is 11.3. The average molecular weight is 272 g/mol. The van der Waals surface area contributed by atoms with Gasteiger partial charge in [0, 0.05) is 16.3 Å². The fourth-order valence-electron chi connectivity index (χ4n) is 1.72. The molecular weight excluding hydrogens is 259 g/mol. The molecule has 0 saturated heterocycles. The summed E-state index contributed by atoms with van der Waals surface area (Å²) in [4.78, 5) is 1.03. The van der Waals surface area contributed by atoms with Crippen molar-refractivity contribution in [3.63, 3.8) is 0 Å². The van der Waals surface area contributed by atoms with Gasteiger partial charge in [-0.05, 0) is 36.2 Å². The Kier molecular flexibility index (Phi) is 4.08. The first-order chi connectivity index (χ1) is 9.13. The second-order valence-electron chi connectivity index (χ2n) is 4.15. The fourth-order valence-corrected chi connectivity index (χ4v) is 2.76. The number of nitriles is 1. The number of hydrogen-bond acceptors (Lipinski definition) is 3. The van der Waals surface area contributed by atoms with Crippen LogP contribution < -0.4 is 5.73 Å². The van der Waals surface area contributed by atoms with E-state index in [-0.39, 0.29) is 5.56 Å². The number of thioether (sulfide) groups is 1. The highest BCUT2D eigenvalue weighted by atomic mass is 32.2. The van der Waals surface area contributed by atoms with Crippen LogP contribution in [-0.4, -0.2) is 0 Å². The third kappa shape index (κ3) is 2.88. The molecule has 0 aliphatic heterocycles. The van der Waals surface area contributed by atoms with E-state index in [0.29, 0.717) is 11.3 Å². The van der Waals surface area contributed by atoms with Gasteiger partial charge in [-0.2, -0.15) is 5.26 Å². The summed E-state index contributed by atoms with van der Waals surface area (Å²) < 4.78 is 13.9. The van der Waals surface area contributed by atoms with Crippen LogP contribution >= 0.6 is 11.8 Å². The molecule has 0 atom stereocenters. The molecule has 0 aliphatic carbocycles. The highest BCUT2D eigenvalue weighted by Crippen LogP contribution is 2.29. The standard InChI is InChI=1S/C15H13FN2S/c1-10-13(18)6-3-7-14(10)19-9-12-5-2-4-11(8-17)15(12)16/h2-7H,9,18H2,1H3. The van der Waals surface area contributed by atoms with Gasteiger partial charge in [0.25, 0.3) is 0 Å². The molecule has 4 heteroatoms. The van der Waals surface area contributed by atoms with Crippen LogP contribution in [0.2, 0.25) is 0 Å². The van der Waals surface area contributed by atoms with Gasteiger partial charge in [0.2, 0.25) is 0 Å². The molecule has 0 amide bonds. The number of rotatable bonds is 3. The lowest BCUT2D eigenvalue weighted by Gasteiger charge is -2.08. The molecule has 96 valence electrons. The van der Waals surface area contributed by atoms with Crippen LogP contribution in [0, 0.1) is 24.1 Å². The Labute approximate surface area is 116 Å². The Hall–Kier alpha value is -1.99. The highest BCUT2D eigenvalue weighted by Gasteiger charge is 2.09. The first-order valence-corrected chi connectivity index (χ1v) is 6.77. The van der Waals surface area contributed by atoms with Crippen molar-refractivity contribution in [1.82, 2.24) is 0 Å². The van der Waals surface area contributed by atoms with E-state index < -0.39 is 5.82 Å². The Bertz CT molecular complexity index is 647. The van der Waals surface area contributed by atoms with E-state index in [4.69, 9.17) is 11.0 Å². The van der Waals surface area contributed by atoms with E-state index in [2.05, 4.69) is 0 Å². The topological polar surface area (TPSA) is 49.8 Å². The lowest BCUT2D eigenvalue weighted by Crippen LogP contribution is -1.94. The molecule has 2 aromatic rings. The lowest BCUT2D eigenvalue weighted by atomic mass is 10.1. The van der Waals surface area contributed by atoms with Crippen molar-refractivity contribution < 1.29 is 4.39 Å². The molecular formula is C15H13FN2S. The summed E-state index contributed by atoms with van der Waals surface area (Å²) in [5, 5.41) is 8.80. The second-order valence-corrected chi connectivity index (χ2v) is 5.17. The van der Waals surface area contributed by atoms with Crippen molar-refractivity contribution in [2.45, 2.75) is 17.6 Å². The predicted molar refractivity (Wildman–Crippen MR) is 76.3 cm³/mol. The molecule has 0 fully saturated rings. The minimum atomic E-state index is -0.431. The number of halogens is 1. The highest BCUT2D eigenvalue weighted by molar-refractivity contribution is 7.98. The maximum absolute atomic E-state index is 13.9. The summed E-state index contributed by atoms with van der Waals surface area (Å²) in [6, 6.07) is 12.4. The van der Waals surface area contributed by atoms with Crippen LogP contribution in [0.3, 0.4) is 0 Å². The van der Waals surface area contributed by atoms with E-state index in [1.165, 1.54) is 17.8 Å². The first kappa shape index (κ1) is 13.4. The summed E-state index contributed by atoms with van der Waals surface area (Å²) in [5.41, 5.74) is 8.19. The number of hydrogen-bond donors (Lipinski definition) is 1. The quantitative estimate of drug-likeness (QED) is 0.681. The van der Waals surface area contributed by atoms with E-state index in [1.54, 1.807) is 12.1 Å². The predicted octanol–water partition coefficient (Wildman–Crippen LogP) is 3.88. The van der Waals surface area contributed by atoms with Gasteiger partial charge in [0.05, 0.1) is 5.56 Å². The number of benzene rings is 2. The van der Waals surface area contributed by atoms with Crippen LogP contribution in [0.15, 0.2) is 41.3 Å². The molecule has 2 rings (SSSR count). The van der Waals surface area contributed by atoms with E-state index >= 15 is 0 Å². The molecule has 0 unspecified atom stereocenters. The van der Waals surface area contributed by atoms with Gasteiger partial charge in [0.1, 0.15) is 11.9 Å². The summed E-state index contributed by atoms with van der Waals surface area (Å²) in [6.07, 6.45) is 0. The summed E-state index contributed by atoms with van der Waals surface area (Å²) in [6.45, 7) is 1.94. The zero-order chi connectivity index (χ0) is 13.8. The summed E-state index contributed by atoms with van der Waals surface area (Å²) in [7, 11) is 0. The second kappa shape index (κ2) is 5.77. The summed E-state index contributed by atoms with van der Waals surface area (Å²) in [5.74, 6) is 0.0464. The first-order valence-electron chi connectivity index (χ1n) is 5.79. The van der Waals surface area contributed by atoms with Gasteiger partial charge < -0.3 is 5.73 Å².